The molecule has 1 heterocycles. The lowest BCUT2D eigenvalue weighted by Gasteiger charge is -2.14. The molecule has 1 aliphatic heterocycles. The van der Waals surface area contributed by atoms with Gasteiger partial charge in [-0.3, -0.25) is 4.79 Å². The van der Waals surface area contributed by atoms with Crippen molar-refractivity contribution in [2.45, 2.75) is 31.4 Å². The lowest BCUT2D eigenvalue weighted by molar-refractivity contribution is -0.123. The molecule has 0 radical (unpaired) electrons. The van der Waals surface area contributed by atoms with Gasteiger partial charge in [0, 0.05) is 6.61 Å². The van der Waals surface area contributed by atoms with Gasteiger partial charge in [0.05, 0.1) is 28.6 Å². The number of nitrogens with zero attached hydrogens (tertiary/aromatic N) is 1. The lowest BCUT2D eigenvalue weighted by atomic mass is 10.1. The largest absolute Gasteiger partial charge is 0.378 e. The van der Waals surface area contributed by atoms with E-state index in [0.717, 1.165) is 12.8 Å². The molecule has 2 unspecified atom stereocenters. The van der Waals surface area contributed by atoms with Crippen LogP contribution >= 0.6 is 23.2 Å². The molecular formula is C14H14Cl2N2O2. The molecule has 0 saturated carbocycles. The molecule has 4 nitrogen and oxygen atoms in total. The molecule has 0 aromatic heterocycles. The highest BCUT2D eigenvalue weighted by Crippen LogP contribution is 2.25. The quantitative estimate of drug-likeness (QED) is 0.928. The van der Waals surface area contributed by atoms with Gasteiger partial charge in [-0.05, 0) is 30.5 Å². The summed E-state index contributed by atoms with van der Waals surface area (Å²) in [6, 6.07) is 6.18. The molecule has 106 valence electrons. The highest BCUT2D eigenvalue weighted by atomic mass is 35.5. The van der Waals surface area contributed by atoms with E-state index in [1.165, 1.54) is 0 Å². The molecule has 0 aliphatic carbocycles. The van der Waals surface area contributed by atoms with E-state index in [1.807, 2.05) is 6.07 Å². The lowest BCUT2D eigenvalue weighted by Crippen LogP contribution is -2.30. The van der Waals surface area contributed by atoms with Crippen LogP contribution in [0, 0.1) is 11.3 Å². The van der Waals surface area contributed by atoms with Crippen molar-refractivity contribution in [1.29, 1.82) is 5.26 Å². The van der Waals surface area contributed by atoms with Crippen LogP contribution in [0.4, 0.5) is 0 Å². The molecule has 0 spiro atoms. The smallest absolute Gasteiger partial charge is 0.223 e. The summed E-state index contributed by atoms with van der Waals surface area (Å²) < 4.78 is 5.40. The molecule has 6 heteroatoms. The van der Waals surface area contributed by atoms with Gasteiger partial charge in [0.25, 0.3) is 0 Å². The van der Waals surface area contributed by atoms with Gasteiger partial charge in [0.1, 0.15) is 6.04 Å². The van der Waals surface area contributed by atoms with Crippen LogP contribution in [0.25, 0.3) is 0 Å². The third kappa shape index (κ3) is 3.86. The van der Waals surface area contributed by atoms with Crippen LogP contribution in [0.15, 0.2) is 18.2 Å². The summed E-state index contributed by atoms with van der Waals surface area (Å²) in [6.07, 6.45) is 2.10. The van der Waals surface area contributed by atoms with Crippen molar-refractivity contribution in [3.05, 3.63) is 33.8 Å². The Kier molecular flexibility index (Phi) is 5.24. The average molecular weight is 313 g/mol. The number of benzene rings is 1. The molecule has 1 saturated heterocycles. The summed E-state index contributed by atoms with van der Waals surface area (Å²) >= 11 is 11.7. The van der Waals surface area contributed by atoms with Crippen LogP contribution in [0.5, 0.6) is 0 Å². The summed E-state index contributed by atoms with van der Waals surface area (Å²) in [5.74, 6) is -0.200. The maximum atomic E-state index is 11.9. The van der Waals surface area contributed by atoms with Crippen LogP contribution in [0.3, 0.4) is 0 Å². The number of halogens is 2. The number of hydrogen-bond donors (Lipinski definition) is 1. The van der Waals surface area contributed by atoms with Crippen molar-refractivity contribution < 1.29 is 9.53 Å². The fraction of sp³-hybridized carbons (Fsp3) is 0.429. The first-order chi connectivity index (χ1) is 9.60. The van der Waals surface area contributed by atoms with Crippen LogP contribution in [-0.4, -0.2) is 18.6 Å². The Morgan fingerprint density at radius 2 is 2.30 bits per heavy atom. The summed E-state index contributed by atoms with van der Waals surface area (Å²) in [6.45, 7) is 0.701. The van der Waals surface area contributed by atoms with Crippen molar-refractivity contribution in [1.82, 2.24) is 5.32 Å². The van der Waals surface area contributed by atoms with Crippen molar-refractivity contribution >= 4 is 29.1 Å². The summed E-state index contributed by atoms with van der Waals surface area (Å²) in [5.41, 5.74) is 0.614. The Hall–Kier alpha value is -1.28. The van der Waals surface area contributed by atoms with Gasteiger partial charge in [-0.1, -0.05) is 29.3 Å². The zero-order valence-electron chi connectivity index (χ0n) is 10.7. The van der Waals surface area contributed by atoms with E-state index < -0.39 is 6.04 Å². The van der Waals surface area contributed by atoms with Gasteiger partial charge >= 0.3 is 0 Å². The van der Waals surface area contributed by atoms with E-state index in [2.05, 4.69) is 5.32 Å². The predicted molar refractivity (Wildman–Crippen MR) is 76.5 cm³/mol. The Bertz CT molecular complexity index is 536. The molecule has 1 fully saturated rings. The molecule has 1 aliphatic rings. The van der Waals surface area contributed by atoms with E-state index in [1.54, 1.807) is 18.2 Å². The van der Waals surface area contributed by atoms with Crippen LogP contribution in [0.1, 0.15) is 30.9 Å². The van der Waals surface area contributed by atoms with Gasteiger partial charge < -0.3 is 10.1 Å². The zero-order valence-corrected chi connectivity index (χ0v) is 12.2. The second-order valence-electron chi connectivity index (χ2n) is 4.64. The number of ether oxygens (including phenoxy) is 1. The predicted octanol–water partition coefficient (Wildman–Crippen LogP) is 3.24. The fourth-order valence-electron chi connectivity index (χ4n) is 2.11. The Labute approximate surface area is 127 Å². The number of hydrogen-bond acceptors (Lipinski definition) is 3. The standard InChI is InChI=1S/C14H14Cl2N2O2/c15-11-4-3-9(6-12(11)16)13(8-17)18-14(19)7-10-2-1-5-20-10/h3-4,6,10,13H,1-2,5,7H2,(H,18,19). The normalized spacial score (nSPS) is 19.4. The van der Waals surface area contributed by atoms with E-state index in [9.17, 15) is 10.1 Å². The second-order valence-corrected chi connectivity index (χ2v) is 5.46. The first-order valence-electron chi connectivity index (χ1n) is 6.35. The monoisotopic (exact) mass is 312 g/mol. The zero-order chi connectivity index (χ0) is 14.5. The molecule has 0 bridgehead atoms. The minimum absolute atomic E-state index is 0.0388. The first-order valence-corrected chi connectivity index (χ1v) is 7.11. The number of carbonyl (C=O) groups is 1. The third-order valence-corrected chi connectivity index (χ3v) is 3.89. The minimum Gasteiger partial charge on any atom is -0.378 e. The van der Waals surface area contributed by atoms with Crippen LogP contribution in [0.2, 0.25) is 10.0 Å². The minimum atomic E-state index is -0.737. The highest BCUT2D eigenvalue weighted by molar-refractivity contribution is 6.42. The molecule has 20 heavy (non-hydrogen) atoms. The second kappa shape index (κ2) is 6.94. The van der Waals surface area contributed by atoms with E-state index in [-0.39, 0.29) is 18.4 Å². The fourth-order valence-corrected chi connectivity index (χ4v) is 2.42. The number of nitrogens with one attached hydrogen (secondary N) is 1. The van der Waals surface area contributed by atoms with E-state index >= 15 is 0 Å². The Morgan fingerprint density at radius 1 is 1.50 bits per heavy atom. The Morgan fingerprint density at radius 3 is 2.90 bits per heavy atom. The van der Waals surface area contributed by atoms with Gasteiger partial charge in [0.15, 0.2) is 0 Å². The number of amides is 1. The number of rotatable bonds is 4. The average Bonchev–Trinajstić information content (AvgIpc) is 2.92. The SMILES string of the molecule is N#CC(NC(=O)CC1CCCO1)c1ccc(Cl)c(Cl)c1. The third-order valence-electron chi connectivity index (χ3n) is 3.15. The summed E-state index contributed by atoms with van der Waals surface area (Å²) in [4.78, 5) is 11.9. The van der Waals surface area contributed by atoms with Crippen LogP contribution < -0.4 is 5.32 Å². The maximum Gasteiger partial charge on any atom is 0.223 e. The summed E-state index contributed by atoms with van der Waals surface area (Å²) in [5, 5.41) is 12.6. The van der Waals surface area contributed by atoms with E-state index in [4.69, 9.17) is 27.9 Å². The van der Waals surface area contributed by atoms with E-state index in [0.29, 0.717) is 22.2 Å². The molecule has 1 aromatic carbocycles. The van der Waals surface area contributed by atoms with Gasteiger partial charge in [0.2, 0.25) is 5.91 Å². The molecule has 1 amide bonds. The topological polar surface area (TPSA) is 62.1 Å². The van der Waals surface area contributed by atoms with Gasteiger partial charge in [-0.15, -0.1) is 0 Å². The van der Waals surface area contributed by atoms with Crippen molar-refractivity contribution in [3.63, 3.8) is 0 Å². The maximum absolute atomic E-state index is 11.9. The molecular weight excluding hydrogens is 299 g/mol. The molecule has 2 atom stereocenters. The van der Waals surface area contributed by atoms with Gasteiger partial charge in [-0.2, -0.15) is 5.26 Å². The Balaban J connectivity index is 1.99. The molecule has 1 N–H and O–H groups in total. The van der Waals surface area contributed by atoms with Crippen LogP contribution in [-0.2, 0) is 9.53 Å². The number of nitriles is 1. The first kappa shape index (κ1) is 15.1. The highest BCUT2D eigenvalue weighted by Gasteiger charge is 2.21. The van der Waals surface area contributed by atoms with Crippen molar-refractivity contribution in [2.75, 3.05) is 6.61 Å². The van der Waals surface area contributed by atoms with Crippen molar-refractivity contribution in [3.8, 4) is 6.07 Å². The number of carbonyl (C=O) groups excluding carboxylic acids is 1. The van der Waals surface area contributed by atoms with Crippen molar-refractivity contribution in [2.24, 2.45) is 0 Å². The van der Waals surface area contributed by atoms with Gasteiger partial charge in [-0.25, -0.2) is 0 Å². The molecule has 1 aromatic rings. The summed E-state index contributed by atoms with van der Waals surface area (Å²) in [7, 11) is 0. The molecule has 2 rings (SSSR count).